The summed E-state index contributed by atoms with van der Waals surface area (Å²) in [6.45, 7) is 0.118. The topological polar surface area (TPSA) is 63.5 Å². The zero-order chi connectivity index (χ0) is 16.8. The molecule has 0 atom stereocenters. The first-order valence-corrected chi connectivity index (χ1v) is 6.89. The third kappa shape index (κ3) is 4.23. The number of hydrogen-bond acceptors (Lipinski definition) is 3. The van der Waals surface area contributed by atoms with Gasteiger partial charge in [0.1, 0.15) is 5.82 Å². The van der Waals surface area contributed by atoms with Crippen molar-refractivity contribution in [3.63, 3.8) is 0 Å². The van der Waals surface area contributed by atoms with Gasteiger partial charge in [0.2, 0.25) is 5.91 Å². The van der Waals surface area contributed by atoms with E-state index in [2.05, 4.69) is 0 Å². The number of halogens is 1. The number of para-hydroxylation sites is 1. The third-order valence-corrected chi connectivity index (χ3v) is 3.28. The minimum Gasteiger partial charge on any atom is -0.338 e. The average Bonchev–Trinajstić information content (AvgIpc) is 2.54. The van der Waals surface area contributed by atoms with Crippen LogP contribution in [-0.2, 0) is 11.3 Å². The van der Waals surface area contributed by atoms with Crippen LogP contribution in [0, 0.1) is 15.9 Å². The molecule has 2 rings (SSSR count). The molecule has 0 aliphatic heterocycles. The lowest BCUT2D eigenvalue weighted by Crippen LogP contribution is -2.24. The van der Waals surface area contributed by atoms with Gasteiger partial charge in [0.15, 0.2) is 0 Å². The van der Waals surface area contributed by atoms with Gasteiger partial charge in [0, 0.05) is 31.3 Å². The molecule has 0 bridgehead atoms. The number of nitro groups is 1. The van der Waals surface area contributed by atoms with Gasteiger partial charge in [-0.25, -0.2) is 4.39 Å². The Labute approximate surface area is 132 Å². The van der Waals surface area contributed by atoms with Crippen molar-refractivity contribution >= 4 is 17.7 Å². The molecule has 0 radical (unpaired) electrons. The number of carbonyl (C=O) groups is 1. The van der Waals surface area contributed by atoms with E-state index < -0.39 is 4.92 Å². The van der Waals surface area contributed by atoms with E-state index in [9.17, 15) is 19.3 Å². The molecule has 23 heavy (non-hydrogen) atoms. The summed E-state index contributed by atoms with van der Waals surface area (Å²) in [6, 6.07) is 12.3. The molecule has 1 amide bonds. The summed E-state index contributed by atoms with van der Waals surface area (Å²) in [5.74, 6) is -0.749. The summed E-state index contributed by atoms with van der Waals surface area (Å²) in [5.41, 5.74) is 0.667. The second-order valence-electron chi connectivity index (χ2n) is 4.93. The molecule has 0 spiro atoms. The molecule has 2 aromatic carbocycles. The minimum absolute atomic E-state index is 0.0756. The number of carbonyl (C=O) groups excluding carboxylic acids is 1. The van der Waals surface area contributed by atoms with Crippen LogP contribution in [0.25, 0.3) is 6.08 Å². The second-order valence-corrected chi connectivity index (χ2v) is 4.93. The van der Waals surface area contributed by atoms with Gasteiger partial charge in [0.25, 0.3) is 5.69 Å². The highest BCUT2D eigenvalue weighted by atomic mass is 19.1. The molecule has 5 nitrogen and oxygen atoms in total. The van der Waals surface area contributed by atoms with Crippen molar-refractivity contribution in [1.29, 1.82) is 0 Å². The largest absolute Gasteiger partial charge is 0.338 e. The van der Waals surface area contributed by atoms with E-state index in [1.807, 2.05) is 0 Å². The Hall–Kier alpha value is -3.02. The molecular weight excluding hydrogens is 299 g/mol. The van der Waals surface area contributed by atoms with Crippen LogP contribution in [-0.4, -0.2) is 22.8 Å². The van der Waals surface area contributed by atoms with E-state index in [1.54, 1.807) is 43.4 Å². The fourth-order valence-corrected chi connectivity index (χ4v) is 2.04. The zero-order valence-corrected chi connectivity index (χ0v) is 12.5. The number of likely N-dealkylation sites (N-methyl/N-ethyl adjacent to an activating group) is 1. The van der Waals surface area contributed by atoms with Gasteiger partial charge in [-0.2, -0.15) is 0 Å². The number of benzene rings is 2. The lowest BCUT2D eigenvalue weighted by molar-refractivity contribution is -0.385. The highest BCUT2D eigenvalue weighted by molar-refractivity contribution is 5.92. The van der Waals surface area contributed by atoms with Crippen molar-refractivity contribution in [3.8, 4) is 0 Å². The molecule has 6 heteroatoms. The van der Waals surface area contributed by atoms with E-state index in [-0.39, 0.29) is 24.0 Å². The van der Waals surface area contributed by atoms with Crippen LogP contribution >= 0.6 is 0 Å². The molecule has 2 aromatic rings. The quantitative estimate of drug-likeness (QED) is 0.482. The van der Waals surface area contributed by atoms with Crippen molar-refractivity contribution in [2.45, 2.75) is 6.54 Å². The zero-order valence-electron chi connectivity index (χ0n) is 12.5. The van der Waals surface area contributed by atoms with Gasteiger partial charge in [-0.3, -0.25) is 14.9 Å². The molecule has 0 fully saturated rings. The van der Waals surface area contributed by atoms with Gasteiger partial charge in [0.05, 0.1) is 10.5 Å². The van der Waals surface area contributed by atoms with Crippen LogP contribution in [0.1, 0.15) is 11.1 Å². The maximum atomic E-state index is 13.6. The standard InChI is InChI=1S/C17H15FN2O3/c1-19(12-14-7-2-4-8-15(14)18)17(21)11-10-13-6-3-5-9-16(13)20(22)23/h2-11H,12H2,1H3/b11-10+. The normalized spacial score (nSPS) is 10.7. The summed E-state index contributed by atoms with van der Waals surface area (Å²) in [4.78, 5) is 23.8. The van der Waals surface area contributed by atoms with Crippen LogP contribution in [0.4, 0.5) is 10.1 Å². The van der Waals surface area contributed by atoms with Crippen molar-refractivity contribution in [2.75, 3.05) is 7.05 Å². The van der Waals surface area contributed by atoms with Crippen LogP contribution in [0.2, 0.25) is 0 Å². The van der Waals surface area contributed by atoms with E-state index in [4.69, 9.17) is 0 Å². The maximum Gasteiger partial charge on any atom is 0.276 e. The molecule has 0 saturated heterocycles. The van der Waals surface area contributed by atoms with E-state index in [1.165, 1.54) is 29.2 Å². The number of rotatable bonds is 5. The Morgan fingerprint density at radius 3 is 2.57 bits per heavy atom. The monoisotopic (exact) mass is 314 g/mol. The van der Waals surface area contributed by atoms with Crippen molar-refractivity contribution < 1.29 is 14.1 Å². The molecule has 0 aromatic heterocycles. The summed E-state index contributed by atoms with van der Waals surface area (Å²) in [7, 11) is 1.54. The van der Waals surface area contributed by atoms with Crippen molar-refractivity contribution in [2.24, 2.45) is 0 Å². The lowest BCUT2D eigenvalue weighted by Gasteiger charge is -2.15. The van der Waals surface area contributed by atoms with Gasteiger partial charge in [-0.15, -0.1) is 0 Å². The van der Waals surface area contributed by atoms with Crippen LogP contribution < -0.4 is 0 Å². The highest BCUT2D eigenvalue weighted by Gasteiger charge is 2.12. The Bertz CT molecular complexity index is 759. The minimum atomic E-state index is -0.507. The average molecular weight is 314 g/mol. The summed E-state index contributed by atoms with van der Waals surface area (Å²) < 4.78 is 13.6. The van der Waals surface area contributed by atoms with Gasteiger partial charge in [-0.05, 0) is 18.2 Å². The van der Waals surface area contributed by atoms with Crippen molar-refractivity contribution in [1.82, 2.24) is 4.90 Å². The number of nitro benzene ring substituents is 1. The number of nitrogens with zero attached hydrogens (tertiary/aromatic N) is 2. The molecule has 0 aliphatic rings. The first-order valence-electron chi connectivity index (χ1n) is 6.89. The first-order chi connectivity index (χ1) is 11.0. The van der Waals surface area contributed by atoms with Crippen LogP contribution in [0.15, 0.2) is 54.6 Å². The predicted molar refractivity (Wildman–Crippen MR) is 85.0 cm³/mol. The SMILES string of the molecule is CN(Cc1ccccc1F)C(=O)/C=C/c1ccccc1[N+](=O)[O-]. The molecule has 0 heterocycles. The van der Waals surface area contributed by atoms with E-state index in [0.29, 0.717) is 11.1 Å². The smallest absolute Gasteiger partial charge is 0.276 e. The molecule has 0 aliphatic carbocycles. The Morgan fingerprint density at radius 2 is 1.87 bits per heavy atom. The molecule has 0 unspecified atom stereocenters. The summed E-state index contributed by atoms with van der Waals surface area (Å²) in [5, 5.41) is 10.9. The maximum absolute atomic E-state index is 13.6. The van der Waals surface area contributed by atoms with Gasteiger partial charge < -0.3 is 4.90 Å². The summed E-state index contributed by atoms with van der Waals surface area (Å²) in [6.07, 6.45) is 2.63. The molecule has 118 valence electrons. The van der Waals surface area contributed by atoms with Crippen LogP contribution in [0.5, 0.6) is 0 Å². The molecule has 0 N–H and O–H groups in total. The highest BCUT2D eigenvalue weighted by Crippen LogP contribution is 2.19. The van der Waals surface area contributed by atoms with Crippen molar-refractivity contribution in [3.05, 3.63) is 81.7 Å². The molecule has 0 saturated carbocycles. The predicted octanol–water partition coefficient (Wildman–Crippen LogP) is 3.41. The number of hydrogen-bond donors (Lipinski definition) is 0. The Balaban J connectivity index is 2.10. The third-order valence-electron chi connectivity index (χ3n) is 3.28. The van der Waals surface area contributed by atoms with E-state index in [0.717, 1.165) is 0 Å². The van der Waals surface area contributed by atoms with E-state index >= 15 is 0 Å². The first kappa shape index (κ1) is 16.4. The van der Waals surface area contributed by atoms with Gasteiger partial charge >= 0.3 is 0 Å². The Morgan fingerprint density at radius 1 is 1.22 bits per heavy atom. The fourth-order valence-electron chi connectivity index (χ4n) is 2.04. The molecular formula is C17H15FN2O3. The summed E-state index contributed by atoms with van der Waals surface area (Å²) >= 11 is 0. The Kier molecular flexibility index (Phi) is 5.19. The lowest BCUT2D eigenvalue weighted by atomic mass is 10.1. The number of amides is 1. The van der Waals surface area contributed by atoms with Gasteiger partial charge in [-0.1, -0.05) is 30.3 Å². The second kappa shape index (κ2) is 7.31. The fraction of sp³-hybridized carbons (Fsp3) is 0.118. The van der Waals surface area contributed by atoms with Crippen LogP contribution in [0.3, 0.4) is 0 Å².